The quantitative estimate of drug-likeness (QED) is 0.801. The average Bonchev–Trinajstić information content (AvgIpc) is 2.57. The number of carbonyl (C=O) groups excluding carboxylic acids is 2. The summed E-state index contributed by atoms with van der Waals surface area (Å²) in [6.45, 7) is 1.49. The third kappa shape index (κ3) is 4.93. The van der Waals surface area contributed by atoms with Crippen LogP contribution in [-0.2, 0) is 16.1 Å². The van der Waals surface area contributed by atoms with Gasteiger partial charge in [-0.2, -0.15) is 5.10 Å². The van der Waals surface area contributed by atoms with E-state index in [0.29, 0.717) is 19.0 Å². The van der Waals surface area contributed by atoms with Gasteiger partial charge in [0.05, 0.1) is 5.69 Å². The maximum atomic E-state index is 13.4. The van der Waals surface area contributed by atoms with Gasteiger partial charge in [-0.05, 0) is 24.6 Å². The van der Waals surface area contributed by atoms with E-state index in [2.05, 4.69) is 10.4 Å². The molecule has 0 bridgehead atoms. The predicted molar refractivity (Wildman–Crippen MR) is 84.1 cm³/mol. The molecule has 0 unspecified atom stereocenters. The highest BCUT2D eigenvalue weighted by Gasteiger charge is 2.14. The first-order valence-electron chi connectivity index (χ1n) is 7.41. The molecule has 7 nitrogen and oxygen atoms in total. The Morgan fingerprint density at radius 3 is 2.68 bits per heavy atom. The second-order valence-corrected chi connectivity index (χ2v) is 5.03. The van der Waals surface area contributed by atoms with E-state index in [1.54, 1.807) is 0 Å². The van der Waals surface area contributed by atoms with Crippen LogP contribution in [0.1, 0.15) is 23.8 Å². The second-order valence-electron chi connectivity index (χ2n) is 5.03. The second kappa shape index (κ2) is 8.13. The fraction of sp³-hybridized carbons (Fsp3) is 0.250. The normalized spacial score (nSPS) is 10.4. The average molecular weight is 351 g/mol. The van der Waals surface area contributed by atoms with E-state index in [1.807, 2.05) is 6.92 Å². The van der Waals surface area contributed by atoms with Gasteiger partial charge in [0, 0.05) is 18.7 Å². The van der Waals surface area contributed by atoms with Crippen LogP contribution in [0.3, 0.4) is 0 Å². The van der Waals surface area contributed by atoms with E-state index in [0.717, 1.165) is 16.8 Å². The smallest absolute Gasteiger partial charge is 0.359 e. The van der Waals surface area contributed by atoms with Gasteiger partial charge in [0.25, 0.3) is 11.5 Å². The SMILES string of the molecule is CCCn1nc(C(=O)OCC(=O)Nc2ccc(F)cc2F)ccc1=O. The molecule has 0 atom stereocenters. The van der Waals surface area contributed by atoms with Gasteiger partial charge in [0.2, 0.25) is 0 Å². The lowest BCUT2D eigenvalue weighted by Crippen LogP contribution is -2.26. The molecule has 9 heteroatoms. The Kier molecular flexibility index (Phi) is 5.93. The van der Waals surface area contributed by atoms with Crippen molar-refractivity contribution in [3.63, 3.8) is 0 Å². The number of esters is 1. The number of amides is 1. The van der Waals surface area contributed by atoms with E-state index in [1.165, 1.54) is 12.1 Å². The Labute approximate surface area is 141 Å². The molecule has 0 aliphatic heterocycles. The number of carbonyl (C=O) groups is 2. The summed E-state index contributed by atoms with van der Waals surface area (Å²) in [5.41, 5.74) is -0.728. The summed E-state index contributed by atoms with van der Waals surface area (Å²) in [7, 11) is 0. The zero-order chi connectivity index (χ0) is 18.4. The molecule has 1 aromatic heterocycles. The molecule has 0 saturated heterocycles. The zero-order valence-corrected chi connectivity index (χ0v) is 13.3. The Balaban J connectivity index is 1.96. The van der Waals surface area contributed by atoms with Crippen LogP contribution in [0.15, 0.2) is 35.1 Å². The maximum Gasteiger partial charge on any atom is 0.359 e. The summed E-state index contributed by atoms with van der Waals surface area (Å²) in [6, 6.07) is 5.00. The molecule has 25 heavy (non-hydrogen) atoms. The highest BCUT2D eigenvalue weighted by Crippen LogP contribution is 2.14. The fourth-order valence-electron chi connectivity index (χ4n) is 1.91. The number of hydrogen-bond acceptors (Lipinski definition) is 5. The molecule has 1 aromatic carbocycles. The molecule has 0 spiro atoms. The monoisotopic (exact) mass is 351 g/mol. The molecule has 2 aromatic rings. The third-order valence-corrected chi connectivity index (χ3v) is 3.05. The van der Waals surface area contributed by atoms with E-state index >= 15 is 0 Å². The number of halogens is 2. The highest BCUT2D eigenvalue weighted by molar-refractivity contribution is 5.94. The van der Waals surface area contributed by atoms with Crippen LogP contribution in [-0.4, -0.2) is 28.3 Å². The summed E-state index contributed by atoms with van der Waals surface area (Å²) in [6.07, 6.45) is 0.650. The van der Waals surface area contributed by atoms with E-state index in [9.17, 15) is 23.2 Å². The Morgan fingerprint density at radius 2 is 2.00 bits per heavy atom. The molecule has 1 amide bonds. The van der Waals surface area contributed by atoms with Crippen LogP contribution in [0.25, 0.3) is 0 Å². The molecule has 1 heterocycles. The highest BCUT2D eigenvalue weighted by atomic mass is 19.1. The third-order valence-electron chi connectivity index (χ3n) is 3.05. The first-order chi connectivity index (χ1) is 11.9. The van der Waals surface area contributed by atoms with Crippen molar-refractivity contribution in [3.8, 4) is 0 Å². The number of anilines is 1. The van der Waals surface area contributed by atoms with Crippen molar-refractivity contribution in [2.45, 2.75) is 19.9 Å². The number of aryl methyl sites for hydroxylation is 1. The maximum absolute atomic E-state index is 13.4. The number of aromatic nitrogens is 2. The summed E-state index contributed by atoms with van der Waals surface area (Å²) < 4.78 is 32.1. The largest absolute Gasteiger partial charge is 0.451 e. The van der Waals surface area contributed by atoms with Gasteiger partial charge in [-0.25, -0.2) is 18.3 Å². The molecular formula is C16H15F2N3O4. The van der Waals surface area contributed by atoms with E-state index in [4.69, 9.17) is 4.74 Å². The van der Waals surface area contributed by atoms with Crippen molar-refractivity contribution in [1.82, 2.24) is 9.78 Å². The van der Waals surface area contributed by atoms with Crippen LogP contribution < -0.4 is 10.9 Å². The van der Waals surface area contributed by atoms with Gasteiger partial charge < -0.3 is 10.1 Å². The summed E-state index contributed by atoms with van der Waals surface area (Å²) in [5, 5.41) is 6.00. The summed E-state index contributed by atoms with van der Waals surface area (Å²) in [4.78, 5) is 35.1. The van der Waals surface area contributed by atoms with Gasteiger partial charge in [0.15, 0.2) is 12.3 Å². The van der Waals surface area contributed by atoms with E-state index < -0.39 is 30.1 Å². The van der Waals surface area contributed by atoms with Crippen LogP contribution in [0, 0.1) is 11.6 Å². The predicted octanol–water partition coefficient (Wildman–Crippen LogP) is 1.73. The van der Waals surface area contributed by atoms with Crippen LogP contribution in [0.4, 0.5) is 14.5 Å². The van der Waals surface area contributed by atoms with Crippen LogP contribution >= 0.6 is 0 Å². The number of rotatable bonds is 6. The molecule has 0 fully saturated rings. The Morgan fingerprint density at radius 1 is 1.24 bits per heavy atom. The minimum absolute atomic E-state index is 0.131. The number of nitrogens with zero attached hydrogens (tertiary/aromatic N) is 2. The number of benzene rings is 1. The Bertz CT molecular complexity index is 852. The van der Waals surface area contributed by atoms with Crippen molar-refractivity contribution in [1.29, 1.82) is 0 Å². The van der Waals surface area contributed by atoms with Crippen molar-refractivity contribution in [2.24, 2.45) is 0 Å². The first-order valence-corrected chi connectivity index (χ1v) is 7.41. The van der Waals surface area contributed by atoms with Crippen molar-refractivity contribution in [3.05, 3.63) is 58.0 Å². The van der Waals surface area contributed by atoms with Gasteiger partial charge in [0.1, 0.15) is 11.6 Å². The molecule has 0 saturated carbocycles. The summed E-state index contributed by atoms with van der Waals surface area (Å²) in [5.74, 6) is -3.44. The van der Waals surface area contributed by atoms with Gasteiger partial charge in [-0.15, -0.1) is 0 Å². The van der Waals surface area contributed by atoms with Gasteiger partial charge in [-0.3, -0.25) is 9.59 Å². The molecular weight excluding hydrogens is 336 g/mol. The molecule has 0 radical (unpaired) electrons. The minimum Gasteiger partial charge on any atom is -0.451 e. The minimum atomic E-state index is -0.951. The lowest BCUT2D eigenvalue weighted by molar-refractivity contribution is -0.119. The van der Waals surface area contributed by atoms with Crippen LogP contribution in [0.5, 0.6) is 0 Å². The lowest BCUT2D eigenvalue weighted by atomic mass is 10.3. The lowest BCUT2D eigenvalue weighted by Gasteiger charge is -2.08. The zero-order valence-electron chi connectivity index (χ0n) is 13.3. The standard InChI is InChI=1S/C16H15F2N3O4/c1-2-7-21-15(23)6-5-13(20-21)16(24)25-9-14(22)19-12-4-3-10(17)8-11(12)18/h3-6,8H,2,7,9H2,1H3,(H,19,22). The Hall–Kier alpha value is -3.10. The first kappa shape index (κ1) is 18.2. The molecule has 2 rings (SSSR count). The molecule has 1 N–H and O–H groups in total. The number of nitrogens with one attached hydrogen (secondary N) is 1. The van der Waals surface area contributed by atoms with Crippen molar-refractivity contribution >= 4 is 17.6 Å². The number of ether oxygens (including phenoxy) is 1. The van der Waals surface area contributed by atoms with E-state index in [-0.39, 0.29) is 16.9 Å². The topological polar surface area (TPSA) is 90.3 Å². The fourth-order valence-corrected chi connectivity index (χ4v) is 1.91. The molecule has 132 valence electrons. The number of hydrogen-bond donors (Lipinski definition) is 1. The van der Waals surface area contributed by atoms with Crippen LogP contribution in [0.2, 0.25) is 0 Å². The van der Waals surface area contributed by atoms with Gasteiger partial charge >= 0.3 is 5.97 Å². The van der Waals surface area contributed by atoms with Crippen molar-refractivity contribution < 1.29 is 23.1 Å². The molecule has 0 aliphatic carbocycles. The van der Waals surface area contributed by atoms with Gasteiger partial charge in [-0.1, -0.05) is 6.92 Å². The summed E-state index contributed by atoms with van der Waals surface area (Å²) >= 11 is 0. The molecule has 0 aliphatic rings. The van der Waals surface area contributed by atoms with Crippen molar-refractivity contribution in [2.75, 3.05) is 11.9 Å².